The molecule has 0 aliphatic heterocycles. The molecule has 0 aliphatic rings. The van der Waals surface area contributed by atoms with E-state index in [-0.39, 0.29) is 12.1 Å². The van der Waals surface area contributed by atoms with Crippen LogP contribution in [0.4, 0.5) is 0 Å². The van der Waals surface area contributed by atoms with E-state index in [4.69, 9.17) is 4.74 Å². The van der Waals surface area contributed by atoms with Crippen molar-refractivity contribution in [1.82, 2.24) is 0 Å². The summed E-state index contributed by atoms with van der Waals surface area (Å²) < 4.78 is 6.01. The maximum atomic E-state index is 10.7. The fourth-order valence-electron chi connectivity index (χ4n) is 1.12. The van der Waals surface area contributed by atoms with Crippen LogP contribution in [0, 0.1) is 0 Å². The molecule has 2 nitrogen and oxygen atoms in total. The molecule has 1 atom stereocenters. The van der Waals surface area contributed by atoms with Gasteiger partial charge < -0.3 is 4.74 Å². The normalized spacial score (nSPS) is 12.2. The average molecular weight is 243 g/mol. The highest BCUT2D eigenvalue weighted by Gasteiger charge is 2.10. The minimum absolute atomic E-state index is 0.201. The van der Waals surface area contributed by atoms with Crippen LogP contribution in [-0.2, 0) is 9.53 Å². The lowest BCUT2D eigenvalue weighted by Gasteiger charge is -2.13. The van der Waals surface area contributed by atoms with Crippen LogP contribution in [0.3, 0.4) is 0 Å². The van der Waals surface area contributed by atoms with Crippen molar-refractivity contribution in [2.45, 2.75) is 20.0 Å². The summed E-state index contributed by atoms with van der Waals surface area (Å²) in [6.45, 7) is 3.26. The number of halogens is 1. The molecule has 0 saturated heterocycles. The Morgan fingerprint density at radius 1 is 1.46 bits per heavy atom. The largest absolute Gasteiger partial charge is 0.458 e. The zero-order valence-corrected chi connectivity index (χ0v) is 9.17. The number of carbonyl (C=O) groups is 1. The zero-order chi connectivity index (χ0) is 9.84. The van der Waals surface area contributed by atoms with Gasteiger partial charge >= 0.3 is 5.97 Å². The summed E-state index contributed by atoms with van der Waals surface area (Å²) in [6, 6.07) is 7.70. The lowest BCUT2D eigenvalue weighted by molar-refractivity contribution is -0.145. The molecule has 1 rings (SSSR count). The molecule has 3 heteroatoms. The molecule has 0 aromatic heterocycles. The third-order valence-corrected chi connectivity index (χ3v) is 2.41. The zero-order valence-electron chi connectivity index (χ0n) is 7.58. The van der Waals surface area contributed by atoms with Crippen molar-refractivity contribution in [3.8, 4) is 0 Å². The number of carbonyl (C=O) groups excluding carboxylic acids is 1. The Morgan fingerprint density at radius 3 is 2.62 bits per heavy atom. The molecule has 0 saturated carbocycles. The molecule has 0 fully saturated rings. The molecule has 70 valence electrons. The summed E-state index contributed by atoms with van der Waals surface area (Å²) in [7, 11) is 0. The van der Waals surface area contributed by atoms with Gasteiger partial charge in [0.1, 0.15) is 6.10 Å². The Kier molecular flexibility index (Phi) is 3.48. The Bertz CT molecular complexity index is 310. The van der Waals surface area contributed by atoms with E-state index in [1.807, 2.05) is 31.2 Å². The minimum atomic E-state index is -0.261. The first kappa shape index (κ1) is 10.3. The summed E-state index contributed by atoms with van der Waals surface area (Å²) in [5.41, 5.74) is 0.984. The third kappa shape index (κ3) is 2.84. The van der Waals surface area contributed by atoms with E-state index in [0.717, 1.165) is 10.0 Å². The van der Waals surface area contributed by atoms with Gasteiger partial charge in [-0.05, 0) is 13.0 Å². The van der Waals surface area contributed by atoms with Crippen LogP contribution in [0.5, 0.6) is 0 Å². The van der Waals surface area contributed by atoms with E-state index in [0.29, 0.717) is 0 Å². The Hall–Kier alpha value is -0.830. The highest BCUT2D eigenvalue weighted by molar-refractivity contribution is 9.10. The van der Waals surface area contributed by atoms with Gasteiger partial charge in [-0.2, -0.15) is 0 Å². The molecule has 1 aromatic carbocycles. The second-order valence-electron chi connectivity index (χ2n) is 2.77. The molecular formula is C10H11BrO2. The summed E-state index contributed by atoms with van der Waals surface area (Å²) in [5.74, 6) is -0.261. The summed E-state index contributed by atoms with van der Waals surface area (Å²) >= 11 is 3.40. The van der Waals surface area contributed by atoms with Crippen molar-refractivity contribution in [1.29, 1.82) is 0 Å². The number of hydrogen-bond donors (Lipinski definition) is 0. The standard InChI is InChI=1S/C10H11BrO2/c1-7(13-8(2)12)9-5-3-4-6-10(9)11/h3-7H,1-2H3. The monoisotopic (exact) mass is 242 g/mol. The van der Waals surface area contributed by atoms with Crippen molar-refractivity contribution in [2.75, 3.05) is 0 Å². The highest BCUT2D eigenvalue weighted by atomic mass is 79.9. The number of ether oxygens (including phenoxy) is 1. The van der Waals surface area contributed by atoms with E-state index in [2.05, 4.69) is 15.9 Å². The predicted molar refractivity (Wildman–Crippen MR) is 54.3 cm³/mol. The first-order chi connectivity index (χ1) is 6.11. The smallest absolute Gasteiger partial charge is 0.303 e. The maximum Gasteiger partial charge on any atom is 0.303 e. The summed E-state index contributed by atoms with van der Waals surface area (Å²) in [5, 5.41) is 0. The number of rotatable bonds is 2. The third-order valence-electron chi connectivity index (χ3n) is 1.69. The van der Waals surface area contributed by atoms with Crippen LogP contribution in [0.25, 0.3) is 0 Å². The maximum absolute atomic E-state index is 10.7. The predicted octanol–water partition coefficient (Wildman–Crippen LogP) is 3.07. The quantitative estimate of drug-likeness (QED) is 0.746. The number of benzene rings is 1. The topological polar surface area (TPSA) is 26.3 Å². The van der Waals surface area contributed by atoms with Crippen molar-refractivity contribution in [3.63, 3.8) is 0 Å². The van der Waals surface area contributed by atoms with E-state index >= 15 is 0 Å². The molecule has 0 heterocycles. The first-order valence-corrected chi connectivity index (χ1v) is 4.82. The van der Waals surface area contributed by atoms with Crippen LogP contribution in [0.1, 0.15) is 25.5 Å². The van der Waals surface area contributed by atoms with Gasteiger partial charge in [-0.15, -0.1) is 0 Å². The van der Waals surface area contributed by atoms with Gasteiger partial charge in [0.2, 0.25) is 0 Å². The number of esters is 1. The fraction of sp³-hybridized carbons (Fsp3) is 0.300. The Morgan fingerprint density at radius 2 is 2.08 bits per heavy atom. The fourth-order valence-corrected chi connectivity index (χ4v) is 1.72. The van der Waals surface area contributed by atoms with Gasteiger partial charge in [0.05, 0.1) is 0 Å². The minimum Gasteiger partial charge on any atom is -0.458 e. The first-order valence-electron chi connectivity index (χ1n) is 4.03. The molecule has 0 amide bonds. The molecule has 1 aromatic rings. The highest BCUT2D eigenvalue weighted by Crippen LogP contribution is 2.25. The number of hydrogen-bond acceptors (Lipinski definition) is 2. The molecule has 0 bridgehead atoms. The Balaban J connectivity index is 2.82. The Labute approximate surface area is 86.0 Å². The van der Waals surface area contributed by atoms with Gasteiger partial charge in [0.15, 0.2) is 0 Å². The average Bonchev–Trinajstić information content (AvgIpc) is 2.03. The van der Waals surface area contributed by atoms with Crippen molar-refractivity contribution >= 4 is 21.9 Å². The van der Waals surface area contributed by atoms with Crippen LogP contribution in [0.15, 0.2) is 28.7 Å². The van der Waals surface area contributed by atoms with E-state index < -0.39 is 0 Å². The van der Waals surface area contributed by atoms with E-state index in [1.54, 1.807) is 0 Å². The molecule has 1 unspecified atom stereocenters. The van der Waals surface area contributed by atoms with Crippen molar-refractivity contribution in [3.05, 3.63) is 34.3 Å². The van der Waals surface area contributed by atoms with Crippen LogP contribution < -0.4 is 0 Å². The molecular weight excluding hydrogens is 232 g/mol. The molecule has 0 radical (unpaired) electrons. The van der Waals surface area contributed by atoms with Gasteiger partial charge in [0.25, 0.3) is 0 Å². The second-order valence-corrected chi connectivity index (χ2v) is 3.63. The molecule has 0 aliphatic carbocycles. The van der Waals surface area contributed by atoms with Crippen molar-refractivity contribution in [2.24, 2.45) is 0 Å². The second kappa shape index (κ2) is 4.42. The van der Waals surface area contributed by atoms with Crippen LogP contribution >= 0.6 is 15.9 Å². The summed E-state index contributed by atoms with van der Waals surface area (Å²) in [4.78, 5) is 10.7. The molecule has 0 N–H and O–H groups in total. The van der Waals surface area contributed by atoms with Gasteiger partial charge in [-0.1, -0.05) is 34.1 Å². The van der Waals surface area contributed by atoms with Crippen molar-refractivity contribution < 1.29 is 9.53 Å². The molecule has 0 spiro atoms. The lowest BCUT2D eigenvalue weighted by atomic mass is 10.1. The van der Waals surface area contributed by atoms with Gasteiger partial charge in [-0.3, -0.25) is 4.79 Å². The van der Waals surface area contributed by atoms with Crippen LogP contribution in [-0.4, -0.2) is 5.97 Å². The van der Waals surface area contributed by atoms with Crippen LogP contribution in [0.2, 0.25) is 0 Å². The summed E-state index contributed by atoms with van der Waals surface area (Å²) in [6.07, 6.45) is -0.201. The van der Waals surface area contributed by atoms with E-state index in [1.165, 1.54) is 6.92 Å². The van der Waals surface area contributed by atoms with E-state index in [9.17, 15) is 4.79 Å². The van der Waals surface area contributed by atoms with Gasteiger partial charge in [-0.25, -0.2) is 0 Å². The lowest BCUT2D eigenvalue weighted by Crippen LogP contribution is -2.05. The van der Waals surface area contributed by atoms with Gasteiger partial charge in [0, 0.05) is 17.0 Å². The SMILES string of the molecule is CC(=O)OC(C)c1ccccc1Br. The molecule has 13 heavy (non-hydrogen) atoms.